The van der Waals surface area contributed by atoms with Crippen LogP contribution in [0.15, 0.2) is 43.0 Å². The van der Waals surface area contributed by atoms with Gasteiger partial charge >= 0.3 is 0 Å². The maximum absolute atomic E-state index is 12.3. The Bertz CT molecular complexity index is 746. The van der Waals surface area contributed by atoms with Crippen molar-refractivity contribution >= 4 is 27.3 Å². The molecule has 0 unspecified atom stereocenters. The third-order valence-corrected chi connectivity index (χ3v) is 4.76. The summed E-state index contributed by atoms with van der Waals surface area (Å²) in [6.07, 6.45) is 6.38. The van der Waals surface area contributed by atoms with Crippen LogP contribution in [0.5, 0.6) is 0 Å². The monoisotopic (exact) mass is 299 g/mol. The highest BCUT2D eigenvalue weighted by atomic mass is 32.1. The summed E-state index contributed by atoms with van der Waals surface area (Å²) in [5, 5.41) is 4.17. The van der Waals surface area contributed by atoms with Gasteiger partial charge < -0.3 is 9.88 Å². The first kappa shape index (κ1) is 13.8. The average Bonchev–Trinajstić information content (AvgIpc) is 3.12. The summed E-state index contributed by atoms with van der Waals surface area (Å²) >= 11 is 1.56. The zero-order chi connectivity index (χ0) is 14.7. The van der Waals surface area contributed by atoms with E-state index in [1.54, 1.807) is 23.9 Å². The van der Waals surface area contributed by atoms with Gasteiger partial charge in [-0.05, 0) is 30.4 Å². The maximum Gasteiger partial charge on any atom is 0.261 e. The van der Waals surface area contributed by atoms with Crippen molar-refractivity contribution in [1.29, 1.82) is 0 Å². The molecular weight excluding hydrogens is 282 g/mol. The first-order valence-electron chi connectivity index (χ1n) is 6.98. The Morgan fingerprint density at radius 3 is 3.00 bits per heavy atom. The summed E-state index contributed by atoms with van der Waals surface area (Å²) in [6, 6.07) is 8.14. The van der Waals surface area contributed by atoms with E-state index in [2.05, 4.69) is 22.4 Å². The minimum atomic E-state index is 0.0272. The molecule has 108 valence electrons. The van der Waals surface area contributed by atoms with Crippen LogP contribution in [-0.2, 0) is 6.54 Å². The van der Waals surface area contributed by atoms with Crippen LogP contribution in [0.25, 0.3) is 10.1 Å². The molecule has 21 heavy (non-hydrogen) atoms. The lowest BCUT2D eigenvalue weighted by Crippen LogP contribution is -2.24. The highest BCUT2D eigenvalue weighted by Crippen LogP contribution is 2.30. The molecule has 1 amide bonds. The molecular formula is C16H17N3OS. The molecule has 0 aliphatic carbocycles. The zero-order valence-electron chi connectivity index (χ0n) is 11.9. The van der Waals surface area contributed by atoms with Gasteiger partial charge in [-0.2, -0.15) is 0 Å². The lowest BCUT2D eigenvalue weighted by Gasteiger charge is -2.05. The minimum Gasteiger partial charge on any atom is -0.351 e. The predicted octanol–water partition coefficient (Wildman–Crippen LogP) is 3.23. The fraction of sp³-hybridized carbons (Fsp3) is 0.250. The number of fused-ring (bicyclic) bond motifs is 1. The Morgan fingerprint density at radius 1 is 1.38 bits per heavy atom. The number of rotatable bonds is 5. The van der Waals surface area contributed by atoms with E-state index < -0.39 is 0 Å². The molecule has 5 heteroatoms. The average molecular weight is 299 g/mol. The number of aromatic nitrogens is 2. The standard InChI is InChI=1S/C16H17N3OS/c1-12-13-5-2-3-6-14(13)21-15(12)16(20)18-7-4-9-19-10-8-17-11-19/h2-3,5-6,8,10-11H,4,7,9H2,1H3,(H,18,20). The highest BCUT2D eigenvalue weighted by molar-refractivity contribution is 7.21. The van der Waals surface area contributed by atoms with Crippen molar-refractivity contribution < 1.29 is 4.79 Å². The van der Waals surface area contributed by atoms with E-state index in [9.17, 15) is 4.79 Å². The Kier molecular flexibility index (Phi) is 4.01. The number of hydrogen-bond donors (Lipinski definition) is 1. The van der Waals surface area contributed by atoms with E-state index in [1.807, 2.05) is 29.8 Å². The van der Waals surface area contributed by atoms with Crippen LogP contribution in [0.3, 0.4) is 0 Å². The minimum absolute atomic E-state index is 0.0272. The molecule has 0 atom stereocenters. The number of nitrogens with zero attached hydrogens (tertiary/aromatic N) is 2. The van der Waals surface area contributed by atoms with Crippen molar-refractivity contribution in [3.63, 3.8) is 0 Å². The molecule has 2 aromatic heterocycles. The van der Waals surface area contributed by atoms with E-state index in [4.69, 9.17) is 0 Å². The second kappa shape index (κ2) is 6.10. The molecule has 4 nitrogen and oxygen atoms in total. The maximum atomic E-state index is 12.3. The fourth-order valence-electron chi connectivity index (χ4n) is 2.35. The van der Waals surface area contributed by atoms with Crippen molar-refractivity contribution in [2.75, 3.05) is 6.54 Å². The number of benzene rings is 1. The number of amides is 1. The van der Waals surface area contributed by atoms with Crippen molar-refractivity contribution in [2.45, 2.75) is 19.9 Å². The number of hydrogen-bond acceptors (Lipinski definition) is 3. The van der Waals surface area contributed by atoms with E-state index >= 15 is 0 Å². The van der Waals surface area contributed by atoms with E-state index in [-0.39, 0.29) is 5.91 Å². The van der Waals surface area contributed by atoms with Crippen molar-refractivity contribution in [3.8, 4) is 0 Å². The molecule has 3 aromatic rings. The summed E-state index contributed by atoms with van der Waals surface area (Å²) in [6.45, 7) is 3.55. The lowest BCUT2D eigenvalue weighted by atomic mass is 10.1. The first-order chi connectivity index (χ1) is 10.3. The highest BCUT2D eigenvalue weighted by Gasteiger charge is 2.14. The van der Waals surface area contributed by atoms with Gasteiger partial charge in [0.1, 0.15) is 0 Å². The SMILES string of the molecule is Cc1c(C(=O)NCCCn2ccnc2)sc2ccccc12. The largest absolute Gasteiger partial charge is 0.351 e. The molecule has 3 rings (SSSR count). The van der Waals surface area contributed by atoms with Crippen molar-refractivity contribution in [3.05, 3.63) is 53.4 Å². The molecule has 0 fully saturated rings. The van der Waals surface area contributed by atoms with Crippen molar-refractivity contribution in [1.82, 2.24) is 14.9 Å². The van der Waals surface area contributed by atoms with E-state index in [0.717, 1.165) is 23.4 Å². The molecule has 0 saturated heterocycles. The third kappa shape index (κ3) is 2.97. The second-order valence-electron chi connectivity index (χ2n) is 4.96. The molecule has 0 aliphatic rings. The van der Waals surface area contributed by atoms with Crippen LogP contribution >= 0.6 is 11.3 Å². The van der Waals surface area contributed by atoms with Crippen LogP contribution in [0.4, 0.5) is 0 Å². The smallest absolute Gasteiger partial charge is 0.261 e. The van der Waals surface area contributed by atoms with Crippen LogP contribution in [-0.4, -0.2) is 22.0 Å². The molecule has 0 saturated carbocycles. The summed E-state index contributed by atoms with van der Waals surface area (Å²) < 4.78 is 3.18. The Hall–Kier alpha value is -2.14. The van der Waals surface area contributed by atoms with Gasteiger partial charge in [0.15, 0.2) is 0 Å². The number of nitrogens with one attached hydrogen (secondary N) is 1. The van der Waals surface area contributed by atoms with Crippen LogP contribution in [0.1, 0.15) is 21.7 Å². The summed E-state index contributed by atoms with van der Waals surface area (Å²) in [7, 11) is 0. The molecule has 0 radical (unpaired) electrons. The van der Waals surface area contributed by atoms with Crippen LogP contribution < -0.4 is 5.32 Å². The number of aryl methyl sites for hydroxylation is 2. The first-order valence-corrected chi connectivity index (χ1v) is 7.79. The van der Waals surface area contributed by atoms with Gasteiger partial charge in [0.2, 0.25) is 0 Å². The Morgan fingerprint density at radius 2 is 2.24 bits per heavy atom. The summed E-state index contributed by atoms with van der Waals surface area (Å²) in [5.74, 6) is 0.0272. The van der Waals surface area contributed by atoms with Gasteiger partial charge in [0.25, 0.3) is 5.91 Å². The van der Waals surface area contributed by atoms with Crippen molar-refractivity contribution in [2.24, 2.45) is 0 Å². The zero-order valence-corrected chi connectivity index (χ0v) is 12.7. The van der Waals surface area contributed by atoms with Crippen LogP contribution in [0.2, 0.25) is 0 Å². The normalized spacial score (nSPS) is 10.9. The third-order valence-electron chi connectivity index (χ3n) is 3.49. The molecule has 0 bridgehead atoms. The molecule has 0 aliphatic heterocycles. The lowest BCUT2D eigenvalue weighted by molar-refractivity contribution is 0.0956. The number of carbonyl (C=O) groups excluding carboxylic acids is 1. The molecule has 2 heterocycles. The number of carbonyl (C=O) groups is 1. The van der Waals surface area contributed by atoms with E-state index in [0.29, 0.717) is 6.54 Å². The fourth-order valence-corrected chi connectivity index (χ4v) is 3.48. The summed E-state index contributed by atoms with van der Waals surface area (Å²) in [4.78, 5) is 17.1. The van der Waals surface area contributed by atoms with E-state index in [1.165, 1.54) is 10.1 Å². The van der Waals surface area contributed by atoms with Gasteiger partial charge in [0.05, 0.1) is 11.2 Å². The second-order valence-corrected chi connectivity index (χ2v) is 6.01. The van der Waals surface area contributed by atoms with Crippen LogP contribution in [0, 0.1) is 6.92 Å². The Balaban J connectivity index is 1.60. The molecule has 0 spiro atoms. The van der Waals surface area contributed by atoms with Gasteiger partial charge in [0, 0.05) is 30.2 Å². The number of imidazole rings is 1. The topological polar surface area (TPSA) is 46.9 Å². The van der Waals surface area contributed by atoms with Gasteiger partial charge in [-0.15, -0.1) is 11.3 Å². The predicted molar refractivity (Wildman–Crippen MR) is 85.7 cm³/mol. The Labute approximate surface area is 127 Å². The summed E-state index contributed by atoms with van der Waals surface area (Å²) in [5.41, 5.74) is 1.07. The van der Waals surface area contributed by atoms with Gasteiger partial charge in [-0.1, -0.05) is 18.2 Å². The quantitative estimate of drug-likeness (QED) is 0.735. The molecule has 1 N–H and O–H groups in total. The van der Waals surface area contributed by atoms with Gasteiger partial charge in [-0.3, -0.25) is 4.79 Å². The van der Waals surface area contributed by atoms with Gasteiger partial charge in [-0.25, -0.2) is 4.98 Å². The number of thiophene rings is 1. The molecule has 1 aromatic carbocycles.